The number of β-lactam (4-membered cyclic amide) rings is 1. The lowest BCUT2D eigenvalue weighted by Crippen LogP contribution is -2.65. The van der Waals surface area contributed by atoms with Crippen molar-refractivity contribution in [3.63, 3.8) is 0 Å². The van der Waals surface area contributed by atoms with Gasteiger partial charge in [-0.25, -0.2) is 4.79 Å². The molecule has 2 saturated heterocycles. The molecular formula is C25H24N4O4. The first-order valence-electron chi connectivity index (χ1n) is 10.8. The van der Waals surface area contributed by atoms with E-state index in [0.717, 1.165) is 33.5 Å². The molecule has 33 heavy (non-hydrogen) atoms. The maximum absolute atomic E-state index is 12.9. The maximum atomic E-state index is 12.9. The van der Waals surface area contributed by atoms with Crippen LogP contribution in [0, 0.1) is 6.92 Å². The second kappa shape index (κ2) is 7.88. The number of ether oxygens (including phenoxy) is 1. The van der Waals surface area contributed by atoms with Gasteiger partial charge < -0.3 is 15.0 Å². The fourth-order valence-electron chi connectivity index (χ4n) is 4.54. The lowest BCUT2D eigenvalue weighted by Gasteiger charge is -2.47. The standard InChI is InChI=1S/C25H24N4O4/c1-15-11-16(19-5-3-4-6-20(19)26-15)13-33-18-9-7-17(8-10-18)25(2)14-29(23(25)31)12-21-22(30)28-24(32)27-21/h3-11,21H,12-14H2,1-2H3,(H2,27,28,30,32). The lowest BCUT2D eigenvalue weighted by atomic mass is 9.74. The maximum Gasteiger partial charge on any atom is 0.322 e. The molecule has 0 bridgehead atoms. The Labute approximate surface area is 190 Å². The van der Waals surface area contributed by atoms with Gasteiger partial charge in [0.25, 0.3) is 5.91 Å². The van der Waals surface area contributed by atoms with Crippen LogP contribution in [0.15, 0.2) is 54.6 Å². The third-order valence-corrected chi connectivity index (χ3v) is 6.34. The molecule has 2 N–H and O–H groups in total. The zero-order chi connectivity index (χ0) is 23.2. The molecule has 2 unspecified atom stereocenters. The van der Waals surface area contributed by atoms with Crippen LogP contribution in [-0.2, 0) is 21.6 Å². The highest BCUT2D eigenvalue weighted by atomic mass is 16.5. The summed E-state index contributed by atoms with van der Waals surface area (Å²) >= 11 is 0. The van der Waals surface area contributed by atoms with Crippen LogP contribution in [-0.4, -0.2) is 46.9 Å². The summed E-state index contributed by atoms with van der Waals surface area (Å²) in [5.74, 6) is 0.249. The summed E-state index contributed by atoms with van der Waals surface area (Å²) in [7, 11) is 0. The van der Waals surface area contributed by atoms with Crippen molar-refractivity contribution in [2.45, 2.75) is 31.9 Å². The van der Waals surface area contributed by atoms with Crippen LogP contribution in [0.5, 0.6) is 5.75 Å². The highest BCUT2D eigenvalue weighted by molar-refractivity contribution is 6.04. The molecule has 168 valence electrons. The van der Waals surface area contributed by atoms with Gasteiger partial charge in [-0.15, -0.1) is 0 Å². The van der Waals surface area contributed by atoms with E-state index in [-0.39, 0.29) is 12.5 Å². The molecule has 0 aliphatic carbocycles. The number of nitrogens with one attached hydrogen (secondary N) is 2. The van der Waals surface area contributed by atoms with E-state index in [1.165, 1.54) is 0 Å². The average molecular weight is 444 g/mol. The molecule has 0 saturated carbocycles. The van der Waals surface area contributed by atoms with Crippen LogP contribution in [0.3, 0.4) is 0 Å². The van der Waals surface area contributed by atoms with E-state index in [1.54, 1.807) is 4.90 Å². The molecule has 8 nitrogen and oxygen atoms in total. The monoisotopic (exact) mass is 444 g/mol. The summed E-state index contributed by atoms with van der Waals surface area (Å²) in [5.41, 5.74) is 3.19. The Bertz CT molecular complexity index is 1270. The number of para-hydroxylation sites is 1. The molecule has 0 radical (unpaired) electrons. The summed E-state index contributed by atoms with van der Waals surface area (Å²) in [5, 5.41) is 5.78. The Kier molecular flexibility index (Phi) is 5.00. The number of likely N-dealkylation sites (tertiary alicyclic amines) is 1. The summed E-state index contributed by atoms with van der Waals surface area (Å²) in [4.78, 5) is 42.0. The van der Waals surface area contributed by atoms with Gasteiger partial charge in [-0.3, -0.25) is 19.9 Å². The fourth-order valence-corrected chi connectivity index (χ4v) is 4.54. The van der Waals surface area contributed by atoms with E-state index in [9.17, 15) is 14.4 Å². The molecule has 2 aromatic carbocycles. The number of urea groups is 1. The molecular weight excluding hydrogens is 420 g/mol. The predicted octanol–water partition coefficient (Wildman–Crippen LogP) is 2.43. The van der Waals surface area contributed by atoms with Crippen LogP contribution < -0.4 is 15.4 Å². The number of carbonyl (C=O) groups is 3. The molecule has 2 aliphatic heterocycles. The first-order chi connectivity index (χ1) is 15.8. The highest BCUT2D eigenvalue weighted by Crippen LogP contribution is 2.36. The largest absolute Gasteiger partial charge is 0.489 e. The number of rotatable bonds is 6. The number of aryl methyl sites for hydroxylation is 1. The molecule has 2 atom stereocenters. The Hall–Kier alpha value is -3.94. The van der Waals surface area contributed by atoms with Gasteiger partial charge in [0.2, 0.25) is 5.91 Å². The number of benzene rings is 2. The van der Waals surface area contributed by atoms with Crippen molar-refractivity contribution in [1.82, 2.24) is 20.5 Å². The number of fused-ring (bicyclic) bond motifs is 1. The van der Waals surface area contributed by atoms with Gasteiger partial charge in [0.15, 0.2) is 0 Å². The zero-order valence-electron chi connectivity index (χ0n) is 18.4. The lowest BCUT2D eigenvalue weighted by molar-refractivity contribution is -0.151. The van der Waals surface area contributed by atoms with Crippen LogP contribution >= 0.6 is 0 Å². The number of hydrogen-bond donors (Lipinski definition) is 2. The van der Waals surface area contributed by atoms with Gasteiger partial charge in [0, 0.05) is 23.2 Å². The molecule has 4 amide bonds. The van der Waals surface area contributed by atoms with Crippen molar-refractivity contribution in [2.24, 2.45) is 0 Å². The van der Waals surface area contributed by atoms with E-state index in [4.69, 9.17) is 4.74 Å². The quantitative estimate of drug-likeness (QED) is 0.449. The molecule has 3 heterocycles. The van der Waals surface area contributed by atoms with Gasteiger partial charge in [-0.1, -0.05) is 30.3 Å². The Morgan fingerprint density at radius 3 is 2.58 bits per heavy atom. The predicted molar refractivity (Wildman–Crippen MR) is 122 cm³/mol. The van der Waals surface area contributed by atoms with E-state index in [2.05, 4.69) is 15.6 Å². The topological polar surface area (TPSA) is 101 Å². The van der Waals surface area contributed by atoms with Crippen molar-refractivity contribution in [3.05, 3.63) is 71.4 Å². The average Bonchev–Trinajstić information content (AvgIpc) is 3.13. The summed E-state index contributed by atoms with van der Waals surface area (Å²) in [6.07, 6.45) is 0. The Morgan fingerprint density at radius 2 is 1.88 bits per heavy atom. The van der Waals surface area contributed by atoms with Crippen molar-refractivity contribution >= 4 is 28.7 Å². The molecule has 0 spiro atoms. The minimum atomic E-state index is -0.699. The van der Waals surface area contributed by atoms with Crippen molar-refractivity contribution < 1.29 is 19.1 Å². The van der Waals surface area contributed by atoms with Crippen LogP contribution in [0.2, 0.25) is 0 Å². The minimum Gasteiger partial charge on any atom is -0.489 e. The van der Waals surface area contributed by atoms with E-state index in [0.29, 0.717) is 13.2 Å². The fraction of sp³-hybridized carbons (Fsp3) is 0.280. The number of carbonyl (C=O) groups excluding carboxylic acids is 3. The third kappa shape index (κ3) is 3.77. The number of pyridine rings is 1. The van der Waals surface area contributed by atoms with Crippen LogP contribution in [0.25, 0.3) is 10.9 Å². The number of aromatic nitrogens is 1. The molecule has 2 aliphatic rings. The zero-order valence-corrected chi connectivity index (χ0v) is 18.4. The summed E-state index contributed by atoms with van der Waals surface area (Å²) < 4.78 is 6.03. The molecule has 1 aromatic heterocycles. The molecule has 5 rings (SSSR count). The summed E-state index contributed by atoms with van der Waals surface area (Å²) in [6.45, 7) is 4.93. The number of amides is 4. The van der Waals surface area contributed by atoms with Gasteiger partial charge in [-0.05, 0) is 43.7 Å². The number of nitrogens with zero attached hydrogens (tertiary/aromatic N) is 2. The SMILES string of the molecule is Cc1cc(COc2ccc(C3(C)CN(CC4NC(=O)NC4=O)C3=O)cc2)c2ccccc2n1. The van der Waals surface area contributed by atoms with E-state index < -0.39 is 23.4 Å². The van der Waals surface area contributed by atoms with Crippen molar-refractivity contribution in [2.75, 3.05) is 13.1 Å². The highest BCUT2D eigenvalue weighted by Gasteiger charge is 2.50. The van der Waals surface area contributed by atoms with Crippen molar-refractivity contribution in [3.8, 4) is 5.75 Å². The normalized spacial score (nSPS) is 22.2. The molecule has 8 heteroatoms. The van der Waals surface area contributed by atoms with Crippen LogP contribution in [0.1, 0.15) is 23.7 Å². The number of imide groups is 1. The molecule has 2 fully saturated rings. The summed E-state index contributed by atoms with van der Waals surface area (Å²) in [6, 6.07) is 16.4. The Balaban J connectivity index is 1.24. The first kappa shape index (κ1) is 20.9. The smallest absolute Gasteiger partial charge is 0.322 e. The number of hydrogen-bond acceptors (Lipinski definition) is 5. The van der Waals surface area contributed by atoms with Crippen LogP contribution in [0.4, 0.5) is 4.79 Å². The third-order valence-electron chi connectivity index (χ3n) is 6.34. The van der Waals surface area contributed by atoms with Gasteiger partial charge in [0.1, 0.15) is 18.4 Å². The van der Waals surface area contributed by atoms with E-state index >= 15 is 0 Å². The Morgan fingerprint density at radius 1 is 1.12 bits per heavy atom. The van der Waals surface area contributed by atoms with Gasteiger partial charge in [0.05, 0.1) is 17.5 Å². The van der Waals surface area contributed by atoms with Gasteiger partial charge >= 0.3 is 6.03 Å². The van der Waals surface area contributed by atoms with Gasteiger partial charge in [-0.2, -0.15) is 0 Å². The van der Waals surface area contributed by atoms with Crippen molar-refractivity contribution in [1.29, 1.82) is 0 Å². The first-order valence-corrected chi connectivity index (χ1v) is 10.8. The second-order valence-corrected chi connectivity index (χ2v) is 8.79. The minimum absolute atomic E-state index is 0.0659. The van der Waals surface area contributed by atoms with E-state index in [1.807, 2.05) is 68.4 Å². The second-order valence-electron chi connectivity index (χ2n) is 8.79. The molecule has 3 aromatic rings.